The van der Waals surface area contributed by atoms with E-state index < -0.39 is 11.1 Å². The van der Waals surface area contributed by atoms with E-state index in [-0.39, 0.29) is 4.90 Å². The molecule has 0 N–H and O–H groups in total. The predicted molar refractivity (Wildman–Crippen MR) is 46.7 cm³/mol. The van der Waals surface area contributed by atoms with Gasteiger partial charge < -0.3 is 4.55 Å². The van der Waals surface area contributed by atoms with Gasteiger partial charge in [-0.25, -0.2) is 9.97 Å². The van der Waals surface area contributed by atoms with Crippen LogP contribution in [-0.2, 0) is 11.1 Å². The maximum atomic E-state index is 10.8. The van der Waals surface area contributed by atoms with Gasteiger partial charge in [0.1, 0.15) is 6.33 Å². The summed E-state index contributed by atoms with van der Waals surface area (Å²) in [6.45, 7) is 0. The van der Waals surface area contributed by atoms with E-state index in [1.54, 1.807) is 18.3 Å². The maximum absolute atomic E-state index is 10.8. The summed E-state index contributed by atoms with van der Waals surface area (Å²) in [4.78, 5) is 7.91. The quantitative estimate of drug-likeness (QED) is 0.630. The van der Waals surface area contributed by atoms with Crippen molar-refractivity contribution in [3.8, 4) is 0 Å². The van der Waals surface area contributed by atoms with Crippen molar-refractivity contribution in [1.82, 2.24) is 9.97 Å². The van der Waals surface area contributed by atoms with Crippen molar-refractivity contribution in [3.05, 3.63) is 30.7 Å². The Morgan fingerprint density at radius 1 is 1.38 bits per heavy atom. The molecule has 0 aliphatic carbocycles. The Labute approximate surface area is 76.9 Å². The van der Waals surface area contributed by atoms with Gasteiger partial charge in [-0.2, -0.15) is 0 Å². The van der Waals surface area contributed by atoms with Crippen molar-refractivity contribution in [2.45, 2.75) is 4.90 Å². The summed E-state index contributed by atoms with van der Waals surface area (Å²) in [5, 5.41) is 0.726. The lowest BCUT2D eigenvalue weighted by Crippen LogP contribution is -1.92. The van der Waals surface area contributed by atoms with Crippen LogP contribution in [0.25, 0.3) is 10.9 Å². The lowest BCUT2D eigenvalue weighted by molar-refractivity contribution is 0.538. The topological polar surface area (TPSA) is 65.9 Å². The molecule has 1 aromatic heterocycles. The lowest BCUT2D eigenvalue weighted by atomic mass is 10.2. The first-order valence-corrected chi connectivity index (χ1v) is 4.64. The molecule has 2 rings (SSSR count). The number of fused-ring (bicyclic) bond motifs is 1. The summed E-state index contributed by atoms with van der Waals surface area (Å²) in [5.41, 5.74) is 0.464. The molecule has 1 atom stereocenters. The van der Waals surface area contributed by atoms with Gasteiger partial charge in [0.05, 0.1) is 10.4 Å². The fourth-order valence-electron chi connectivity index (χ4n) is 1.12. The fraction of sp³-hybridized carbons (Fsp3) is 0. The molecule has 4 nitrogen and oxygen atoms in total. The molecule has 1 heterocycles. The van der Waals surface area contributed by atoms with E-state index in [1.165, 1.54) is 12.4 Å². The Kier molecular flexibility index (Phi) is 2.03. The highest BCUT2D eigenvalue weighted by molar-refractivity contribution is 7.79. The van der Waals surface area contributed by atoms with E-state index in [4.69, 9.17) is 0 Å². The third-order valence-corrected chi connectivity index (χ3v) is 2.37. The predicted octanol–water partition coefficient (Wildman–Crippen LogP) is 0.868. The van der Waals surface area contributed by atoms with Crippen molar-refractivity contribution in [3.63, 3.8) is 0 Å². The van der Waals surface area contributed by atoms with Crippen molar-refractivity contribution in [2.75, 3.05) is 0 Å². The molecule has 0 bridgehead atoms. The lowest BCUT2D eigenvalue weighted by Gasteiger charge is -2.06. The molecular formula is C8H5N2O2S-. The van der Waals surface area contributed by atoms with Gasteiger partial charge >= 0.3 is 0 Å². The standard InChI is InChI=1S/C8H6N2O2S/c11-13(12)7-3-1-2-6-4-9-5-10-8(6)7/h1-5H,(H,11,12)/p-1. The number of rotatable bonds is 1. The van der Waals surface area contributed by atoms with Crippen LogP contribution in [0.15, 0.2) is 35.6 Å². The molecule has 2 aromatic rings. The van der Waals surface area contributed by atoms with Crippen LogP contribution in [0.1, 0.15) is 0 Å². The molecule has 0 saturated carbocycles. The Morgan fingerprint density at radius 3 is 3.00 bits per heavy atom. The molecule has 1 aromatic carbocycles. The molecule has 0 fully saturated rings. The van der Waals surface area contributed by atoms with Gasteiger partial charge in [0.15, 0.2) is 0 Å². The Bertz CT molecular complexity index is 467. The van der Waals surface area contributed by atoms with Crippen LogP contribution in [0.2, 0.25) is 0 Å². The fourth-order valence-corrected chi connectivity index (χ4v) is 1.64. The minimum Gasteiger partial charge on any atom is -0.768 e. The average Bonchev–Trinajstić information content (AvgIpc) is 2.17. The third-order valence-electron chi connectivity index (χ3n) is 1.68. The van der Waals surface area contributed by atoms with Crippen LogP contribution in [-0.4, -0.2) is 18.7 Å². The van der Waals surface area contributed by atoms with E-state index >= 15 is 0 Å². The van der Waals surface area contributed by atoms with Crippen molar-refractivity contribution < 1.29 is 8.76 Å². The second kappa shape index (κ2) is 3.20. The van der Waals surface area contributed by atoms with Crippen molar-refractivity contribution in [1.29, 1.82) is 0 Å². The van der Waals surface area contributed by atoms with Crippen LogP contribution >= 0.6 is 0 Å². The first kappa shape index (κ1) is 8.28. The Balaban J connectivity index is 2.83. The highest BCUT2D eigenvalue weighted by Gasteiger charge is 2.00. The molecule has 0 amide bonds. The van der Waals surface area contributed by atoms with E-state index in [9.17, 15) is 8.76 Å². The van der Waals surface area contributed by atoms with Gasteiger partial charge in [0.2, 0.25) is 0 Å². The molecule has 0 saturated heterocycles. The molecule has 66 valence electrons. The summed E-state index contributed by atoms with van der Waals surface area (Å²) >= 11 is -2.24. The second-order valence-electron chi connectivity index (χ2n) is 2.45. The molecule has 1 unspecified atom stereocenters. The number of nitrogens with zero attached hydrogens (tertiary/aromatic N) is 2. The van der Waals surface area contributed by atoms with E-state index in [1.807, 2.05) is 0 Å². The SMILES string of the molecule is O=S([O-])c1cccc2cncnc12. The van der Waals surface area contributed by atoms with Crippen LogP contribution < -0.4 is 0 Å². The second-order valence-corrected chi connectivity index (χ2v) is 3.36. The zero-order valence-corrected chi connectivity index (χ0v) is 7.32. The van der Waals surface area contributed by atoms with E-state index in [0.29, 0.717) is 5.52 Å². The number of hydrogen-bond acceptors (Lipinski definition) is 4. The Morgan fingerprint density at radius 2 is 2.23 bits per heavy atom. The van der Waals surface area contributed by atoms with Crippen LogP contribution in [0.3, 0.4) is 0 Å². The minimum absolute atomic E-state index is 0.208. The largest absolute Gasteiger partial charge is 0.768 e. The summed E-state index contributed by atoms with van der Waals surface area (Å²) in [7, 11) is 0. The summed E-state index contributed by atoms with van der Waals surface area (Å²) in [5.74, 6) is 0. The third kappa shape index (κ3) is 1.43. The van der Waals surface area contributed by atoms with Gasteiger partial charge in [-0.05, 0) is 17.1 Å². The minimum atomic E-state index is -2.24. The first-order valence-electron chi connectivity index (χ1n) is 3.57. The van der Waals surface area contributed by atoms with Gasteiger partial charge in [0, 0.05) is 11.6 Å². The number of para-hydroxylation sites is 1. The Hall–Kier alpha value is -1.33. The number of benzene rings is 1. The molecule has 0 aliphatic heterocycles. The van der Waals surface area contributed by atoms with Gasteiger partial charge in [-0.15, -0.1) is 0 Å². The van der Waals surface area contributed by atoms with Crippen LogP contribution in [0.5, 0.6) is 0 Å². The maximum Gasteiger partial charge on any atom is 0.116 e. The molecule has 0 aliphatic rings. The van der Waals surface area contributed by atoms with Gasteiger partial charge in [0.25, 0.3) is 0 Å². The molecular weight excluding hydrogens is 188 g/mol. The normalized spacial score (nSPS) is 13.0. The molecule has 0 radical (unpaired) electrons. The summed E-state index contributed by atoms with van der Waals surface area (Å²) in [6, 6.07) is 4.95. The summed E-state index contributed by atoms with van der Waals surface area (Å²) in [6.07, 6.45) is 2.91. The summed E-state index contributed by atoms with van der Waals surface area (Å²) < 4.78 is 21.5. The van der Waals surface area contributed by atoms with Crippen LogP contribution in [0.4, 0.5) is 0 Å². The smallest absolute Gasteiger partial charge is 0.116 e. The molecule has 0 spiro atoms. The highest BCUT2D eigenvalue weighted by Crippen LogP contribution is 2.16. The van der Waals surface area contributed by atoms with E-state index in [2.05, 4.69) is 9.97 Å². The average molecular weight is 193 g/mol. The van der Waals surface area contributed by atoms with Gasteiger partial charge in [-0.1, -0.05) is 12.1 Å². The van der Waals surface area contributed by atoms with E-state index in [0.717, 1.165) is 5.39 Å². The molecule has 13 heavy (non-hydrogen) atoms. The zero-order valence-electron chi connectivity index (χ0n) is 6.51. The van der Waals surface area contributed by atoms with Gasteiger partial charge in [-0.3, -0.25) is 4.21 Å². The zero-order chi connectivity index (χ0) is 9.26. The monoisotopic (exact) mass is 193 g/mol. The first-order chi connectivity index (χ1) is 6.29. The number of hydrogen-bond donors (Lipinski definition) is 0. The van der Waals surface area contributed by atoms with Crippen LogP contribution in [0, 0.1) is 0 Å². The molecule has 5 heteroatoms. The number of aromatic nitrogens is 2. The highest BCUT2D eigenvalue weighted by atomic mass is 32.2. The van der Waals surface area contributed by atoms with Crippen molar-refractivity contribution in [2.24, 2.45) is 0 Å². The van der Waals surface area contributed by atoms with Crippen molar-refractivity contribution >= 4 is 22.0 Å².